The van der Waals surface area contributed by atoms with Crippen molar-refractivity contribution < 1.29 is 23.5 Å². The van der Waals surface area contributed by atoms with E-state index in [0.717, 1.165) is 11.0 Å². The Labute approximate surface area is 142 Å². The quantitative estimate of drug-likeness (QED) is 0.836. The smallest absolute Gasteiger partial charge is 0.325 e. The van der Waals surface area contributed by atoms with E-state index in [1.807, 2.05) is 0 Å². The van der Waals surface area contributed by atoms with Crippen molar-refractivity contribution in [3.63, 3.8) is 0 Å². The summed E-state index contributed by atoms with van der Waals surface area (Å²) in [5, 5.41) is 12.7. The summed E-state index contributed by atoms with van der Waals surface area (Å²) < 4.78 is 27.3. The number of hydrogen-bond donors (Lipinski definition) is 2. The Morgan fingerprint density at radius 1 is 1.16 bits per heavy atom. The molecule has 3 amide bonds. The Morgan fingerprint density at radius 3 is 2.56 bits per heavy atom. The number of benzene rings is 2. The number of urea groups is 1. The molecule has 0 bridgehead atoms. The molecule has 0 aromatic heterocycles. The van der Waals surface area contributed by atoms with Gasteiger partial charge in [0.05, 0.1) is 12.6 Å². The Bertz CT molecular complexity index is 843. The average molecular weight is 346 g/mol. The van der Waals surface area contributed by atoms with Gasteiger partial charge in [0.25, 0.3) is 5.91 Å². The lowest BCUT2D eigenvalue weighted by Crippen LogP contribution is -2.42. The molecule has 1 aliphatic heterocycles. The number of carbonyl (C=O) groups is 2. The zero-order valence-corrected chi connectivity index (χ0v) is 13.4. The molecule has 2 aromatic carbocycles. The first-order valence-electron chi connectivity index (χ1n) is 7.65. The Morgan fingerprint density at radius 2 is 1.88 bits per heavy atom. The summed E-state index contributed by atoms with van der Waals surface area (Å²) in [5.74, 6) is -1.84. The summed E-state index contributed by atoms with van der Waals surface area (Å²) in [6.45, 7) is 1.04. The van der Waals surface area contributed by atoms with E-state index >= 15 is 0 Å². The van der Waals surface area contributed by atoms with Gasteiger partial charge in [-0.1, -0.05) is 30.3 Å². The van der Waals surface area contributed by atoms with Crippen molar-refractivity contribution in [2.45, 2.75) is 18.6 Å². The number of amides is 3. The van der Waals surface area contributed by atoms with Crippen LogP contribution in [0.25, 0.3) is 0 Å². The minimum Gasteiger partial charge on any atom is -0.387 e. The molecule has 1 fully saturated rings. The van der Waals surface area contributed by atoms with Crippen LogP contribution >= 0.6 is 0 Å². The van der Waals surface area contributed by atoms with E-state index in [1.54, 1.807) is 6.07 Å². The zero-order valence-electron chi connectivity index (χ0n) is 13.4. The fraction of sp³-hybridized carbons (Fsp3) is 0.222. The molecule has 1 saturated heterocycles. The number of rotatable bonds is 4. The molecule has 1 heterocycles. The molecule has 25 heavy (non-hydrogen) atoms. The molecule has 5 nitrogen and oxygen atoms in total. The fourth-order valence-corrected chi connectivity index (χ4v) is 2.90. The molecule has 0 radical (unpaired) electrons. The fourth-order valence-electron chi connectivity index (χ4n) is 2.90. The third-order valence-corrected chi connectivity index (χ3v) is 4.28. The monoisotopic (exact) mass is 346 g/mol. The second-order valence-corrected chi connectivity index (χ2v) is 6.02. The van der Waals surface area contributed by atoms with Gasteiger partial charge in [-0.05, 0) is 30.7 Å². The first kappa shape index (κ1) is 17.0. The third kappa shape index (κ3) is 2.98. The first-order valence-corrected chi connectivity index (χ1v) is 7.65. The first-order chi connectivity index (χ1) is 11.8. The van der Waals surface area contributed by atoms with Gasteiger partial charge in [0.15, 0.2) is 0 Å². The number of imide groups is 1. The van der Waals surface area contributed by atoms with Crippen molar-refractivity contribution in [3.8, 4) is 0 Å². The number of nitrogens with zero attached hydrogens (tertiary/aromatic N) is 1. The van der Waals surface area contributed by atoms with Gasteiger partial charge < -0.3 is 10.4 Å². The zero-order chi connectivity index (χ0) is 18.2. The summed E-state index contributed by atoms with van der Waals surface area (Å²) in [5.41, 5.74) is -1.29. The van der Waals surface area contributed by atoms with Crippen LogP contribution in [0.4, 0.5) is 13.6 Å². The summed E-state index contributed by atoms with van der Waals surface area (Å²) in [6.07, 6.45) is -1.26. The van der Waals surface area contributed by atoms with E-state index in [0.29, 0.717) is 0 Å². The Kier molecular flexibility index (Phi) is 4.26. The second-order valence-electron chi connectivity index (χ2n) is 6.02. The number of halogens is 2. The Hall–Kier alpha value is -2.80. The molecule has 1 aliphatic rings. The van der Waals surface area contributed by atoms with Gasteiger partial charge in [-0.3, -0.25) is 9.69 Å². The van der Waals surface area contributed by atoms with Gasteiger partial charge in [-0.15, -0.1) is 0 Å². The number of nitrogens with one attached hydrogen (secondary N) is 1. The number of carbonyl (C=O) groups excluding carboxylic acids is 2. The van der Waals surface area contributed by atoms with E-state index in [9.17, 15) is 23.5 Å². The van der Waals surface area contributed by atoms with Crippen molar-refractivity contribution in [2.75, 3.05) is 6.54 Å². The normalized spacial score (nSPS) is 21.4. The summed E-state index contributed by atoms with van der Waals surface area (Å²) in [4.78, 5) is 25.7. The van der Waals surface area contributed by atoms with E-state index in [4.69, 9.17) is 0 Å². The molecule has 2 aromatic rings. The molecule has 2 N–H and O–H groups in total. The molecular weight excluding hydrogens is 330 g/mol. The summed E-state index contributed by atoms with van der Waals surface area (Å²) in [6, 6.07) is 10.2. The van der Waals surface area contributed by atoms with Crippen molar-refractivity contribution >= 4 is 11.9 Å². The van der Waals surface area contributed by atoms with Crippen LogP contribution in [-0.2, 0) is 10.3 Å². The summed E-state index contributed by atoms with van der Waals surface area (Å²) in [7, 11) is 0. The lowest BCUT2D eigenvalue weighted by molar-refractivity contribution is -0.132. The minimum atomic E-state index is -1.57. The van der Waals surface area contributed by atoms with Crippen LogP contribution in [-0.4, -0.2) is 28.5 Å². The van der Waals surface area contributed by atoms with Gasteiger partial charge >= 0.3 is 6.03 Å². The van der Waals surface area contributed by atoms with Gasteiger partial charge in [0.1, 0.15) is 17.2 Å². The number of aliphatic hydroxyl groups is 1. The number of aliphatic hydroxyl groups excluding tert-OH is 1. The predicted octanol–water partition coefficient (Wildman–Crippen LogP) is 2.47. The number of β-amino-alcohol motifs (C(OH)–C–C–N with tert-alkyl or cyclic N) is 1. The maximum Gasteiger partial charge on any atom is 0.325 e. The maximum absolute atomic E-state index is 14.1. The highest BCUT2D eigenvalue weighted by atomic mass is 19.1. The minimum absolute atomic E-state index is 0.0381. The van der Waals surface area contributed by atoms with E-state index in [2.05, 4.69) is 5.32 Å². The lowest BCUT2D eigenvalue weighted by Gasteiger charge is -2.23. The predicted molar refractivity (Wildman–Crippen MR) is 85.4 cm³/mol. The average Bonchev–Trinajstić information content (AvgIpc) is 2.79. The van der Waals surface area contributed by atoms with Crippen molar-refractivity contribution in [1.29, 1.82) is 0 Å². The largest absolute Gasteiger partial charge is 0.387 e. The van der Waals surface area contributed by atoms with Crippen LogP contribution < -0.4 is 5.32 Å². The molecule has 2 atom stereocenters. The van der Waals surface area contributed by atoms with E-state index in [-0.39, 0.29) is 17.7 Å². The van der Waals surface area contributed by atoms with Crippen LogP contribution in [0.1, 0.15) is 24.2 Å². The van der Waals surface area contributed by atoms with Crippen LogP contribution in [0.2, 0.25) is 0 Å². The van der Waals surface area contributed by atoms with Gasteiger partial charge in [-0.2, -0.15) is 0 Å². The standard InChI is InChI=1S/C18H16F2N2O3/c1-18(13-7-2-3-8-14(13)20)16(24)22(17(25)21-18)10-15(23)11-5-4-6-12(19)9-11/h2-9,15,23H,10H2,1H3,(H,21,25). The van der Waals surface area contributed by atoms with E-state index < -0.39 is 35.2 Å². The molecule has 0 saturated carbocycles. The highest BCUT2D eigenvalue weighted by Crippen LogP contribution is 2.31. The number of hydrogen-bond acceptors (Lipinski definition) is 3. The SMILES string of the molecule is CC1(c2ccccc2F)NC(=O)N(CC(O)c2cccc(F)c2)C1=O. The summed E-state index contributed by atoms with van der Waals surface area (Å²) >= 11 is 0. The molecule has 0 spiro atoms. The highest BCUT2D eigenvalue weighted by Gasteiger charge is 2.50. The van der Waals surface area contributed by atoms with Gasteiger partial charge in [0.2, 0.25) is 0 Å². The molecular formula is C18H16F2N2O3. The highest BCUT2D eigenvalue weighted by molar-refractivity contribution is 6.07. The second kappa shape index (κ2) is 6.25. The molecule has 7 heteroatoms. The van der Waals surface area contributed by atoms with Gasteiger partial charge in [-0.25, -0.2) is 13.6 Å². The lowest BCUT2D eigenvalue weighted by atomic mass is 9.91. The van der Waals surface area contributed by atoms with Crippen molar-refractivity contribution in [1.82, 2.24) is 10.2 Å². The maximum atomic E-state index is 14.1. The van der Waals surface area contributed by atoms with E-state index in [1.165, 1.54) is 43.3 Å². The molecule has 0 aliphatic carbocycles. The molecule has 2 unspecified atom stereocenters. The molecule has 130 valence electrons. The van der Waals surface area contributed by atoms with Crippen molar-refractivity contribution in [3.05, 3.63) is 71.3 Å². The Balaban J connectivity index is 1.86. The van der Waals surface area contributed by atoms with Crippen LogP contribution in [0.15, 0.2) is 48.5 Å². The van der Waals surface area contributed by atoms with Crippen LogP contribution in [0.5, 0.6) is 0 Å². The van der Waals surface area contributed by atoms with Crippen LogP contribution in [0.3, 0.4) is 0 Å². The topological polar surface area (TPSA) is 69.6 Å². The van der Waals surface area contributed by atoms with Crippen molar-refractivity contribution in [2.24, 2.45) is 0 Å². The van der Waals surface area contributed by atoms with Gasteiger partial charge in [0, 0.05) is 5.56 Å². The third-order valence-electron chi connectivity index (χ3n) is 4.28. The van der Waals surface area contributed by atoms with Crippen LogP contribution in [0, 0.1) is 11.6 Å². The molecule has 3 rings (SSSR count).